The molecule has 34 heavy (non-hydrogen) atoms. The minimum atomic E-state index is -0.550. The molecule has 0 saturated carbocycles. The standard InChI is InChI=1S/C25H46N2O7/c1-2-3-15-26-24(30)25(31)27-16-13-11-9-7-5-4-6-8-10-12-14-23(29)34-22-21-33-20-19-32-18-17-28/h5,7,28H,2-4,6,8-22H2,1H3,(H,26,30)(H,27,31)/b7-5-. The summed E-state index contributed by atoms with van der Waals surface area (Å²) in [6, 6.07) is 0. The zero-order valence-corrected chi connectivity index (χ0v) is 21.0. The third-order valence-corrected chi connectivity index (χ3v) is 4.87. The van der Waals surface area contributed by atoms with Crippen molar-refractivity contribution in [2.45, 2.75) is 77.6 Å². The van der Waals surface area contributed by atoms with E-state index < -0.39 is 11.8 Å². The molecule has 0 fully saturated rings. The van der Waals surface area contributed by atoms with Gasteiger partial charge in [-0.25, -0.2) is 0 Å². The van der Waals surface area contributed by atoms with Crippen LogP contribution in [0.4, 0.5) is 0 Å². The zero-order valence-electron chi connectivity index (χ0n) is 21.0. The molecule has 0 aliphatic heterocycles. The van der Waals surface area contributed by atoms with Gasteiger partial charge >= 0.3 is 17.8 Å². The first kappa shape index (κ1) is 32.0. The summed E-state index contributed by atoms with van der Waals surface area (Å²) in [6.45, 7) is 4.85. The molecule has 0 aromatic rings. The summed E-state index contributed by atoms with van der Waals surface area (Å²) in [6.07, 6.45) is 14.5. The molecule has 9 heteroatoms. The van der Waals surface area contributed by atoms with Gasteiger partial charge in [-0.3, -0.25) is 14.4 Å². The summed E-state index contributed by atoms with van der Waals surface area (Å²) in [5.74, 6) is -1.29. The molecule has 0 bridgehead atoms. The van der Waals surface area contributed by atoms with Crippen LogP contribution in [0.15, 0.2) is 12.2 Å². The normalized spacial score (nSPS) is 11.0. The maximum atomic E-state index is 11.6. The van der Waals surface area contributed by atoms with Crippen molar-refractivity contribution in [1.82, 2.24) is 10.6 Å². The molecule has 0 aliphatic rings. The van der Waals surface area contributed by atoms with Crippen LogP contribution < -0.4 is 10.6 Å². The molecule has 198 valence electrons. The van der Waals surface area contributed by atoms with Crippen LogP contribution in [0.5, 0.6) is 0 Å². The van der Waals surface area contributed by atoms with Gasteiger partial charge in [0, 0.05) is 19.5 Å². The van der Waals surface area contributed by atoms with Crippen LogP contribution in [0.3, 0.4) is 0 Å². The molecule has 0 heterocycles. The van der Waals surface area contributed by atoms with Gasteiger partial charge in [0.15, 0.2) is 0 Å². The number of nitrogens with one attached hydrogen (secondary N) is 2. The van der Waals surface area contributed by atoms with Crippen molar-refractivity contribution in [3.63, 3.8) is 0 Å². The third-order valence-electron chi connectivity index (χ3n) is 4.87. The average molecular weight is 487 g/mol. The Labute approximate surface area is 205 Å². The van der Waals surface area contributed by atoms with Crippen LogP contribution in [0.1, 0.15) is 77.6 Å². The number of amides is 2. The van der Waals surface area contributed by atoms with Gasteiger partial charge in [0.05, 0.1) is 33.0 Å². The number of carbonyl (C=O) groups excluding carboxylic acids is 3. The van der Waals surface area contributed by atoms with Crippen LogP contribution >= 0.6 is 0 Å². The van der Waals surface area contributed by atoms with Gasteiger partial charge in [-0.2, -0.15) is 0 Å². The first-order chi connectivity index (χ1) is 16.6. The monoisotopic (exact) mass is 486 g/mol. The molecular weight excluding hydrogens is 440 g/mol. The van der Waals surface area contributed by atoms with E-state index in [4.69, 9.17) is 19.3 Å². The Kier molecular flexibility index (Phi) is 24.2. The minimum Gasteiger partial charge on any atom is -0.463 e. The van der Waals surface area contributed by atoms with Crippen LogP contribution in [0, 0.1) is 0 Å². The molecule has 0 spiro atoms. The number of rotatable bonds is 23. The van der Waals surface area contributed by atoms with Crippen LogP contribution in [-0.4, -0.2) is 75.6 Å². The summed E-state index contributed by atoms with van der Waals surface area (Å²) in [7, 11) is 0. The fourth-order valence-electron chi connectivity index (χ4n) is 2.92. The minimum absolute atomic E-state index is 0.000719. The lowest BCUT2D eigenvalue weighted by Gasteiger charge is -2.06. The molecule has 0 aromatic heterocycles. The van der Waals surface area contributed by atoms with Crippen molar-refractivity contribution in [1.29, 1.82) is 0 Å². The predicted octanol–water partition coefficient (Wildman–Crippen LogP) is 2.65. The van der Waals surface area contributed by atoms with Gasteiger partial charge in [-0.15, -0.1) is 0 Å². The molecule has 2 amide bonds. The van der Waals surface area contributed by atoms with E-state index in [2.05, 4.69) is 22.8 Å². The second kappa shape index (κ2) is 25.6. The summed E-state index contributed by atoms with van der Waals surface area (Å²) < 4.78 is 15.4. The number of hydrogen-bond donors (Lipinski definition) is 3. The Morgan fingerprint density at radius 3 is 1.91 bits per heavy atom. The highest BCUT2D eigenvalue weighted by molar-refractivity contribution is 6.35. The molecule has 0 aliphatic carbocycles. The van der Waals surface area contributed by atoms with E-state index in [1.165, 1.54) is 0 Å². The van der Waals surface area contributed by atoms with Gasteiger partial charge in [-0.1, -0.05) is 38.3 Å². The quantitative estimate of drug-likeness (QED) is 0.0878. The average Bonchev–Trinajstić information content (AvgIpc) is 2.83. The van der Waals surface area contributed by atoms with Crippen LogP contribution in [0.2, 0.25) is 0 Å². The number of hydrogen-bond acceptors (Lipinski definition) is 7. The van der Waals surface area contributed by atoms with E-state index >= 15 is 0 Å². The molecule has 0 aromatic carbocycles. The number of allylic oxidation sites excluding steroid dienone is 2. The molecule has 0 atom stereocenters. The van der Waals surface area contributed by atoms with Crippen LogP contribution in [0.25, 0.3) is 0 Å². The Bertz CT molecular complexity index is 541. The lowest BCUT2D eigenvalue weighted by molar-refractivity contribution is -0.145. The van der Waals surface area contributed by atoms with Crippen molar-refractivity contribution < 1.29 is 33.7 Å². The Hall–Kier alpha value is -1.97. The molecule has 0 saturated heterocycles. The zero-order chi connectivity index (χ0) is 25.1. The van der Waals surface area contributed by atoms with Crippen molar-refractivity contribution >= 4 is 17.8 Å². The summed E-state index contributed by atoms with van der Waals surface area (Å²) in [5, 5.41) is 13.8. The number of carbonyl (C=O) groups is 3. The molecular formula is C25H46N2O7. The summed E-state index contributed by atoms with van der Waals surface area (Å²) in [5.41, 5.74) is 0. The van der Waals surface area contributed by atoms with Crippen molar-refractivity contribution in [2.75, 3.05) is 52.7 Å². The Morgan fingerprint density at radius 1 is 0.706 bits per heavy atom. The second-order valence-corrected chi connectivity index (χ2v) is 7.95. The SMILES string of the molecule is CCCCNC(=O)C(=O)NCCCC/C=C\CCCCCCC(=O)OCCOCCOCCO. The highest BCUT2D eigenvalue weighted by atomic mass is 16.6. The highest BCUT2D eigenvalue weighted by Crippen LogP contribution is 2.07. The topological polar surface area (TPSA) is 123 Å². The lowest BCUT2D eigenvalue weighted by Crippen LogP contribution is -2.40. The number of unbranched alkanes of at least 4 members (excludes halogenated alkanes) is 7. The second-order valence-electron chi connectivity index (χ2n) is 7.95. The molecule has 3 N–H and O–H groups in total. The number of aliphatic hydroxyl groups is 1. The number of esters is 1. The first-order valence-electron chi connectivity index (χ1n) is 12.7. The van der Waals surface area contributed by atoms with Gasteiger partial charge in [0.25, 0.3) is 0 Å². The molecule has 0 unspecified atom stereocenters. The molecule has 0 radical (unpaired) electrons. The third kappa shape index (κ3) is 23.2. The Morgan fingerprint density at radius 2 is 1.26 bits per heavy atom. The van der Waals surface area contributed by atoms with E-state index in [0.29, 0.717) is 45.9 Å². The van der Waals surface area contributed by atoms with Gasteiger partial charge < -0.3 is 30.0 Å². The predicted molar refractivity (Wildman–Crippen MR) is 131 cm³/mol. The molecule has 0 rings (SSSR count). The first-order valence-corrected chi connectivity index (χ1v) is 12.7. The van der Waals surface area contributed by atoms with Crippen molar-refractivity contribution in [3.8, 4) is 0 Å². The molecule has 9 nitrogen and oxygen atoms in total. The van der Waals surface area contributed by atoms with Crippen molar-refractivity contribution in [3.05, 3.63) is 12.2 Å². The summed E-state index contributed by atoms with van der Waals surface area (Å²) in [4.78, 5) is 34.7. The van der Waals surface area contributed by atoms with Gasteiger partial charge in [-0.05, 0) is 44.9 Å². The Balaban J connectivity index is 3.37. The highest BCUT2D eigenvalue weighted by Gasteiger charge is 2.10. The maximum Gasteiger partial charge on any atom is 0.309 e. The van der Waals surface area contributed by atoms with E-state index in [1.807, 2.05) is 6.92 Å². The largest absolute Gasteiger partial charge is 0.463 e. The lowest BCUT2D eigenvalue weighted by atomic mass is 10.1. The number of aliphatic hydroxyl groups excluding tert-OH is 1. The fourth-order valence-corrected chi connectivity index (χ4v) is 2.92. The van der Waals surface area contributed by atoms with Gasteiger partial charge in [0.2, 0.25) is 0 Å². The van der Waals surface area contributed by atoms with E-state index in [9.17, 15) is 14.4 Å². The number of ether oxygens (including phenoxy) is 3. The van der Waals surface area contributed by atoms with Crippen molar-refractivity contribution in [2.24, 2.45) is 0 Å². The smallest absolute Gasteiger partial charge is 0.309 e. The van der Waals surface area contributed by atoms with E-state index in [-0.39, 0.29) is 19.2 Å². The van der Waals surface area contributed by atoms with E-state index in [0.717, 1.165) is 64.2 Å². The summed E-state index contributed by atoms with van der Waals surface area (Å²) >= 11 is 0. The van der Waals surface area contributed by atoms with E-state index in [1.54, 1.807) is 0 Å². The maximum absolute atomic E-state index is 11.6. The fraction of sp³-hybridized carbons (Fsp3) is 0.800. The van der Waals surface area contributed by atoms with Crippen LogP contribution in [-0.2, 0) is 28.6 Å². The van der Waals surface area contributed by atoms with Gasteiger partial charge in [0.1, 0.15) is 6.61 Å².